The highest BCUT2D eigenvalue weighted by atomic mass is 35.5. The van der Waals surface area contributed by atoms with Crippen molar-refractivity contribution in [3.63, 3.8) is 0 Å². The molecule has 0 aliphatic rings. The van der Waals surface area contributed by atoms with E-state index in [2.05, 4.69) is 6.92 Å². The van der Waals surface area contributed by atoms with Crippen LogP contribution in [0.2, 0.25) is 5.02 Å². The lowest BCUT2D eigenvalue weighted by molar-refractivity contribution is 0.0142. The molecule has 0 saturated heterocycles. The quantitative estimate of drug-likeness (QED) is 0.373. The molecule has 0 saturated carbocycles. The molecule has 0 radical (unpaired) electrons. The van der Waals surface area contributed by atoms with Gasteiger partial charge in [-0.25, -0.2) is 21.6 Å². The van der Waals surface area contributed by atoms with Crippen LogP contribution in [0.4, 0.5) is 13.2 Å². The first kappa shape index (κ1) is 22.3. The molecular formula is C18H26ClF3O2S. The van der Waals surface area contributed by atoms with Crippen molar-refractivity contribution in [1.29, 1.82) is 0 Å². The maximum atomic E-state index is 14.8. The molecule has 0 heterocycles. The Morgan fingerprint density at radius 2 is 1.44 bits per heavy atom. The van der Waals surface area contributed by atoms with Crippen molar-refractivity contribution in [2.45, 2.75) is 81.0 Å². The third-order valence-corrected chi connectivity index (χ3v) is 6.69. The molecule has 0 N–H and O–H groups in total. The third-order valence-electron chi connectivity index (χ3n) is 4.27. The van der Waals surface area contributed by atoms with E-state index in [4.69, 9.17) is 11.6 Å². The summed E-state index contributed by atoms with van der Waals surface area (Å²) in [6.45, 7) is 2.12. The van der Waals surface area contributed by atoms with Crippen molar-refractivity contribution < 1.29 is 21.6 Å². The van der Waals surface area contributed by atoms with Crippen molar-refractivity contribution in [1.82, 2.24) is 0 Å². The van der Waals surface area contributed by atoms with Crippen LogP contribution in [0.5, 0.6) is 0 Å². The zero-order valence-corrected chi connectivity index (χ0v) is 16.1. The van der Waals surface area contributed by atoms with Gasteiger partial charge in [0.05, 0.1) is 4.90 Å². The van der Waals surface area contributed by atoms with Crippen LogP contribution in [0.1, 0.15) is 64.7 Å². The summed E-state index contributed by atoms with van der Waals surface area (Å²) in [5, 5.41) is -3.31. The summed E-state index contributed by atoms with van der Waals surface area (Å²) in [6, 6.07) is 4.61. The topological polar surface area (TPSA) is 34.1 Å². The normalized spacial score (nSPS) is 14.6. The fourth-order valence-electron chi connectivity index (χ4n) is 2.67. The SMILES string of the molecule is CCCCCCCCCCC(F)(C(F)F)S(=O)(=O)c1ccc(Cl)cc1. The predicted molar refractivity (Wildman–Crippen MR) is 95.7 cm³/mol. The Morgan fingerprint density at radius 1 is 0.960 bits per heavy atom. The molecule has 0 bridgehead atoms. The summed E-state index contributed by atoms with van der Waals surface area (Å²) in [5.74, 6) is 0. The second-order valence-electron chi connectivity index (χ2n) is 6.27. The minimum Gasteiger partial charge on any atom is -0.220 e. The summed E-state index contributed by atoms with van der Waals surface area (Å²) in [6.07, 6.45) is 2.60. The Labute approximate surface area is 153 Å². The highest BCUT2D eigenvalue weighted by molar-refractivity contribution is 7.92. The molecule has 1 aromatic rings. The second-order valence-corrected chi connectivity index (χ2v) is 8.86. The molecule has 0 aliphatic carbocycles. The molecule has 1 rings (SSSR count). The summed E-state index contributed by atoms with van der Waals surface area (Å²) in [4.78, 5) is -0.473. The van der Waals surface area contributed by atoms with Gasteiger partial charge in [0.25, 0.3) is 11.4 Å². The molecule has 0 fully saturated rings. The van der Waals surface area contributed by atoms with Crippen LogP contribution in [-0.4, -0.2) is 19.8 Å². The smallest absolute Gasteiger partial charge is 0.220 e. The van der Waals surface area contributed by atoms with Crippen LogP contribution in [0.15, 0.2) is 29.2 Å². The number of halogens is 4. The summed E-state index contributed by atoms with van der Waals surface area (Å²) < 4.78 is 66.0. The zero-order chi connectivity index (χ0) is 18.9. The molecule has 144 valence electrons. The maximum absolute atomic E-state index is 14.8. The van der Waals surface area contributed by atoms with Gasteiger partial charge < -0.3 is 0 Å². The van der Waals surface area contributed by atoms with Gasteiger partial charge in [-0.2, -0.15) is 0 Å². The number of alkyl halides is 3. The summed E-state index contributed by atoms with van der Waals surface area (Å²) in [5.41, 5.74) is 0. The van der Waals surface area contributed by atoms with Gasteiger partial charge in [-0.1, -0.05) is 63.5 Å². The van der Waals surface area contributed by atoms with Crippen molar-refractivity contribution >= 4 is 21.4 Å². The van der Waals surface area contributed by atoms with Crippen LogP contribution in [-0.2, 0) is 9.84 Å². The van der Waals surface area contributed by atoms with Crippen LogP contribution < -0.4 is 0 Å². The van der Waals surface area contributed by atoms with E-state index >= 15 is 0 Å². The minimum atomic E-state index is -4.80. The molecule has 1 unspecified atom stereocenters. The van der Waals surface area contributed by atoms with Gasteiger partial charge in [0.2, 0.25) is 9.84 Å². The molecule has 0 aliphatic heterocycles. The van der Waals surface area contributed by atoms with Crippen LogP contribution in [0.25, 0.3) is 0 Å². The van der Waals surface area contributed by atoms with E-state index in [0.717, 1.165) is 50.7 Å². The van der Waals surface area contributed by atoms with E-state index in [1.54, 1.807) is 0 Å². The highest BCUT2D eigenvalue weighted by Gasteiger charge is 2.52. The fraction of sp³-hybridized carbons (Fsp3) is 0.667. The molecule has 1 aromatic carbocycles. The molecular weight excluding hydrogens is 373 g/mol. The third kappa shape index (κ3) is 6.17. The first-order chi connectivity index (χ1) is 11.8. The molecule has 0 spiro atoms. The van der Waals surface area contributed by atoms with Gasteiger partial charge in [-0.05, 0) is 30.7 Å². The fourth-order valence-corrected chi connectivity index (χ4v) is 4.33. The zero-order valence-electron chi connectivity index (χ0n) is 14.5. The summed E-state index contributed by atoms with van der Waals surface area (Å²) in [7, 11) is -4.80. The molecule has 2 nitrogen and oxygen atoms in total. The lowest BCUT2D eigenvalue weighted by atomic mass is 10.1. The van der Waals surface area contributed by atoms with E-state index in [1.165, 1.54) is 12.1 Å². The molecule has 0 amide bonds. The average Bonchev–Trinajstić information content (AvgIpc) is 2.57. The molecule has 1 atom stereocenters. The Hall–Kier alpha value is -0.750. The van der Waals surface area contributed by atoms with Gasteiger partial charge in [-0.15, -0.1) is 0 Å². The Balaban J connectivity index is 2.65. The average molecular weight is 399 g/mol. The van der Waals surface area contributed by atoms with Gasteiger partial charge >= 0.3 is 0 Å². The number of unbranched alkanes of at least 4 members (excludes halogenated alkanes) is 7. The van der Waals surface area contributed by atoms with Gasteiger partial charge in [0.15, 0.2) is 0 Å². The van der Waals surface area contributed by atoms with Crippen LogP contribution >= 0.6 is 11.6 Å². The molecule has 25 heavy (non-hydrogen) atoms. The number of rotatable bonds is 12. The first-order valence-electron chi connectivity index (χ1n) is 8.73. The molecule has 7 heteroatoms. The lowest BCUT2D eigenvalue weighted by Crippen LogP contribution is -2.41. The minimum absolute atomic E-state index is 0.113. The largest absolute Gasteiger partial charge is 0.286 e. The van der Waals surface area contributed by atoms with Crippen molar-refractivity contribution in [2.24, 2.45) is 0 Å². The van der Waals surface area contributed by atoms with Gasteiger partial charge in [0.1, 0.15) is 0 Å². The van der Waals surface area contributed by atoms with Crippen LogP contribution in [0, 0.1) is 0 Å². The van der Waals surface area contributed by atoms with E-state index in [1.807, 2.05) is 0 Å². The second kappa shape index (κ2) is 10.4. The van der Waals surface area contributed by atoms with E-state index in [-0.39, 0.29) is 11.4 Å². The molecule has 0 aromatic heterocycles. The highest BCUT2D eigenvalue weighted by Crippen LogP contribution is 2.38. The van der Waals surface area contributed by atoms with Crippen molar-refractivity contribution in [3.8, 4) is 0 Å². The van der Waals surface area contributed by atoms with Gasteiger partial charge in [-0.3, -0.25) is 0 Å². The standard InChI is InChI=1S/C18H26ClF3O2S/c1-2-3-4-5-6-7-8-9-14-18(22,17(20)21)25(23,24)16-12-10-15(19)11-13-16/h10-13,17H,2-9,14H2,1H3. The van der Waals surface area contributed by atoms with Crippen molar-refractivity contribution in [3.05, 3.63) is 29.3 Å². The maximum Gasteiger partial charge on any atom is 0.286 e. The Morgan fingerprint density at radius 3 is 1.92 bits per heavy atom. The predicted octanol–water partition coefficient (Wildman–Crippen LogP) is 6.58. The first-order valence-corrected chi connectivity index (χ1v) is 10.6. The number of hydrogen-bond acceptors (Lipinski definition) is 2. The number of hydrogen-bond donors (Lipinski definition) is 0. The Kier molecular flexibility index (Phi) is 9.28. The van der Waals surface area contributed by atoms with Crippen LogP contribution in [0.3, 0.4) is 0 Å². The Bertz CT molecular complexity index is 605. The number of benzene rings is 1. The van der Waals surface area contributed by atoms with E-state index < -0.39 is 32.6 Å². The number of sulfone groups is 1. The van der Waals surface area contributed by atoms with E-state index in [9.17, 15) is 21.6 Å². The monoisotopic (exact) mass is 398 g/mol. The van der Waals surface area contributed by atoms with Crippen molar-refractivity contribution in [2.75, 3.05) is 0 Å². The lowest BCUT2D eigenvalue weighted by Gasteiger charge is -2.24. The van der Waals surface area contributed by atoms with E-state index in [0.29, 0.717) is 6.42 Å². The summed E-state index contributed by atoms with van der Waals surface area (Å²) >= 11 is 5.67. The van der Waals surface area contributed by atoms with Gasteiger partial charge in [0, 0.05) is 11.4 Å².